The summed E-state index contributed by atoms with van der Waals surface area (Å²) < 4.78 is 22.7. The lowest BCUT2D eigenvalue weighted by Crippen LogP contribution is -2.51. The van der Waals surface area contributed by atoms with Crippen molar-refractivity contribution in [2.45, 2.75) is 32.7 Å². The Morgan fingerprint density at radius 3 is 2.03 bits per heavy atom. The van der Waals surface area contributed by atoms with E-state index in [9.17, 15) is 23.6 Å². The van der Waals surface area contributed by atoms with Gasteiger partial charge in [-0.15, -0.1) is 0 Å². The number of halogens is 1. The second-order valence-electron chi connectivity index (χ2n) is 6.52. The topological polar surface area (TPSA) is 102 Å². The lowest BCUT2D eigenvalue weighted by atomic mass is 9.95. The molecule has 0 radical (unpaired) electrons. The summed E-state index contributed by atoms with van der Waals surface area (Å²) in [6.45, 7) is 3.98. The predicted octanol–water partition coefficient (Wildman–Crippen LogP) is 1.29. The SMILES string of the molecule is CCOC(=O)C(NC(=O)C1CCN(C(=O)c2ccc(F)cc2)CC1)C(=O)OCC. The highest BCUT2D eigenvalue weighted by Gasteiger charge is 2.35. The molecule has 0 saturated carbocycles. The van der Waals surface area contributed by atoms with Crippen LogP contribution in [0.1, 0.15) is 37.0 Å². The van der Waals surface area contributed by atoms with Crippen molar-refractivity contribution in [1.82, 2.24) is 10.2 Å². The van der Waals surface area contributed by atoms with Crippen LogP contribution in [0.5, 0.6) is 0 Å². The summed E-state index contributed by atoms with van der Waals surface area (Å²) in [5.41, 5.74) is 0.374. The minimum absolute atomic E-state index is 0.0640. The molecule has 9 heteroatoms. The van der Waals surface area contributed by atoms with Gasteiger partial charge in [0, 0.05) is 24.6 Å². The van der Waals surface area contributed by atoms with Gasteiger partial charge in [-0.1, -0.05) is 0 Å². The van der Waals surface area contributed by atoms with Crippen LogP contribution in [0.4, 0.5) is 4.39 Å². The number of carbonyl (C=O) groups excluding carboxylic acids is 4. The molecule has 8 nitrogen and oxygen atoms in total. The van der Waals surface area contributed by atoms with Crippen LogP contribution in [0.2, 0.25) is 0 Å². The molecule has 1 heterocycles. The van der Waals surface area contributed by atoms with Gasteiger partial charge in [0.1, 0.15) is 5.82 Å². The number of likely N-dealkylation sites (tertiary alicyclic amines) is 1. The number of ether oxygens (including phenoxy) is 2. The van der Waals surface area contributed by atoms with E-state index in [1.54, 1.807) is 18.7 Å². The number of nitrogens with zero attached hydrogens (tertiary/aromatic N) is 1. The second-order valence-corrected chi connectivity index (χ2v) is 6.52. The monoisotopic (exact) mass is 408 g/mol. The first-order valence-corrected chi connectivity index (χ1v) is 9.55. The van der Waals surface area contributed by atoms with Gasteiger partial charge in [0.15, 0.2) is 0 Å². The Hall–Kier alpha value is -2.97. The van der Waals surface area contributed by atoms with Crippen LogP contribution in [0, 0.1) is 11.7 Å². The Morgan fingerprint density at radius 2 is 1.55 bits per heavy atom. The van der Waals surface area contributed by atoms with Crippen LogP contribution in [-0.4, -0.2) is 61.0 Å². The van der Waals surface area contributed by atoms with Crippen LogP contribution >= 0.6 is 0 Å². The van der Waals surface area contributed by atoms with Gasteiger partial charge in [-0.05, 0) is 51.0 Å². The second kappa shape index (κ2) is 10.5. The highest BCUT2D eigenvalue weighted by Crippen LogP contribution is 2.20. The lowest BCUT2D eigenvalue weighted by molar-refractivity contribution is -0.160. The molecule has 0 aliphatic carbocycles. The van der Waals surface area contributed by atoms with Crippen LogP contribution in [-0.2, 0) is 23.9 Å². The Kier molecular flexibility index (Phi) is 8.11. The fourth-order valence-electron chi connectivity index (χ4n) is 3.05. The number of nitrogens with one attached hydrogen (secondary N) is 1. The van der Waals surface area contributed by atoms with Crippen molar-refractivity contribution in [3.8, 4) is 0 Å². The van der Waals surface area contributed by atoms with E-state index in [1.165, 1.54) is 24.3 Å². The van der Waals surface area contributed by atoms with Crippen molar-refractivity contribution in [2.75, 3.05) is 26.3 Å². The molecule has 0 unspecified atom stereocenters. The molecule has 1 aromatic rings. The Labute approximate surface area is 168 Å². The van der Waals surface area contributed by atoms with Gasteiger partial charge in [0.2, 0.25) is 11.9 Å². The van der Waals surface area contributed by atoms with E-state index in [1.807, 2.05) is 0 Å². The van der Waals surface area contributed by atoms with Gasteiger partial charge < -0.3 is 19.7 Å². The third-order valence-corrected chi connectivity index (χ3v) is 4.58. The van der Waals surface area contributed by atoms with E-state index in [-0.39, 0.29) is 19.1 Å². The number of piperidine rings is 1. The minimum Gasteiger partial charge on any atom is -0.464 e. The van der Waals surface area contributed by atoms with Crippen LogP contribution in [0.3, 0.4) is 0 Å². The first kappa shape index (κ1) is 22.3. The van der Waals surface area contributed by atoms with Crippen molar-refractivity contribution < 1.29 is 33.0 Å². The third-order valence-electron chi connectivity index (χ3n) is 4.58. The number of carbonyl (C=O) groups is 4. The number of hydrogen-bond donors (Lipinski definition) is 1. The van der Waals surface area contributed by atoms with E-state index >= 15 is 0 Å². The normalized spacial score (nSPS) is 14.4. The largest absolute Gasteiger partial charge is 0.464 e. The zero-order valence-corrected chi connectivity index (χ0v) is 16.5. The molecule has 1 N–H and O–H groups in total. The molecule has 0 aromatic heterocycles. The van der Waals surface area contributed by atoms with Crippen LogP contribution in [0.15, 0.2) is 24.3 Å². The summed E-state index contributed by atoms with van der Waals surface area (Å²) in [5, 5.41) is 2.40. The van der Waals surface area contributed by atoms with Crippen molar-refractivity contribution in [3.05, 3.63) is 35.6 Å². The molecule has 1 aliphatic heterocycles. The third kappa shape index (κ3) is 6.00. The fourth-order valence-corrected chi connectivity index (χ4v) is 3.05. The van der Waals surface area contributed by atoms with Gasteiger partial charge in [-0.2, -0.15) is 0 Å². The zero-order valence-electron chi connectivity index (χ0n) is 16.5. The van der Waals surface area contributed by atoms with Gasteiger partial charge in [0.05, 0.1) is 13.2 Å². The minimum atomic E-state index is -1.51. The number of amides is 2. The molecule has 0 atom stereocenters. The molecule has 158 valence electrons. The molecular weight excluding hydrogens is 383 g/mol. The van der Waals surface area contributed by atoms with Crippen molar-refractivity contribution in [3.63, 3.8) is 0 Å². The number of rotatable bonds is 7. The van der Waals surface area contributed by atoms with Gasteiger partial charge >= 0.3 is 11.9 Å². The van der Waals surface area contributed by atoms with Crippen molar-refractivity contribution >= 4 is 23.8 Å². The van der Waals surface area contributed by atoms with E-state index in [0.717, 1.165) is 0 Å². The predicted molar refractivity (Wildman–Crippen MR) is 100 cm³/mol. The van der Waals surface area contributed by atoms with E-state index in [4.69, 9.17) is 9.47 Å². The van der Waals surface area contributed by atoms with Crippen LogP contribution < -0.4 is 5.32 Å². The molecule has 1 fully saturated rings. The average molecular weight is 408 g/mol. The molecule has 2 rings (SSSR count). The summed E-state index contributed by atoms with van der Waals surface area (Å²) in [7, 11) is 0. The maximum absolute atomic E-state index is 13.0. The zero-order chi connectivity index (χ0) is 21.4. The summed E-state index contributed by atoms with van der Waals surface area (Å²) >= 11 is 0. The molecular formula is C20H25FN2O6. The quantitative estimate of drug-likeness (QED) is 0.539. The Bertz CT molecular complexity index is 726. The molecule has 0 spiro atoms. The summed E-state index contributed by atoms with van der Waals surface area (Å²) in [6, 6.07) is 3.76. The van der Waals surface area contributed by atoms with E-state index in [2.05, 4.69) is 5.32 Å². The Morgan fingerprint density at radius 1 is 1.03 bits per heavy atom. The lowest BCUT2D eigenvalue weighted by Gasteiger charge is -2.32. The van der Waals surface area contributed by atoms with Gasteiger partial charge in [-0.25, -0.2) is 14.0 Å². The van der Waals surface area contributed by atoms with Crippen molar-refractivity contribution in [2.24, 2.45) is 5.92 Å². The molecule has 1 aliphatic rings. The van der Waals surface area contributed by atoms with E-state index < -0.39 is 35.6 Å². The molecule has 1 saturated heterocycles. The molecule has 29 heavy (non-hydrogen) atoms. The molecule has 1 aromatic carbocycles. The highest BCUT2D eigenvalue weighted by molar-refractivity contribution is 6.02. The highest BCUT2D eigenvalue weighted by atomic mass is 19.1. The summed E-state index contributed by atoms with van der Waals surface area (Å²) in [4.78, 5) is 50.6. The van der Waals surface area contributed by atoms with Crippen LogP contribution in [0.25, 0.3) is 0 Å². The molecule has 0 bridgehead atoms. The van der Waals surface area contributed by atoms with Gasteiger partial charge in [0.25, 0.3) is 5.91 Å². The number of benzene rings is 1. The summed E-state index contributed by atoms with van der Waals surface area (Å²) in [5.74, 6) is -3.33. The number of hydrogen-bond acceptors (Lipinski definition) is 6. The average Bonchev–Trinajstić information content (AvgIpc) is 2.72. The first-order chi connectivity index (χ1) is 13.9. The smallest absolute Gasteiger partial charge is 0.340 e. The maximum Gasteiger partial charge on any atom is 0.340 e. The molecule has 2 amide bonds. The van der Waals surface area contributed by atoms with E-state index in [0.29, 0.717) is 31.5 Å². The fraction of sp³-hybridized carbons (Fsp3) is 0.500. The van der Waals surface area contributed by atoms with Gasteiger partial charge in [-0.3, -0.25) is 9.59 Å². The first-order valence-electron chi connectivity index (χ1n) is 9.55. The Balaban J connectivity index is 1.93. The summed E-state index contributed by atoms with van der Waals surface area (Å²) in [6.07, 6.45) is 0.744. The number of esters is 2. The van der Waals surface area contributed by atoms with Crippen molar-refractivity contribution in [1.29, 1.82) is 0 Å². The standard InChI is InChI=1S/C20H25FN2O6/c1-3-28-19(26)16(20(27)29-4-2)22-17(24)13-9-11-23(12-10-13)18(25)14-5-7-15(21)8-6-14/h5-8,13,16H,3-4,9-12H2,1-2H3,(H,22,24). The maximum atomic E-state index is 13.0.